The highest BCUT2D eigenvalue weighted by Crippen LogP contribution is 2.25. The van der Waals surface area contributed by atoms with Crippen molar-refractivity contribution in [3.63, 3.8) is 0 Å². The Morgan fingerprint density at radius 3 is 2.85 bits per heavy atom. The third kappa shape index (κ3) is 2.25. The molecule has 0 aliphatic rings. The van der Waals surface area contributed by atoms with Crippen molar-refractivity contribution in [2.24, 2.45) is 0 Å². The van der Waals surface area contributed by atoms with Crippen molar-refractivity contribution in [2.75, 3.05) is 12.8 Å². The predicted octanol–water partition coefficient (Wildman–Crippen LogP) is 3.44. The molecule has 0 aliphatic carbocycles. The van der Waals surface area contributed by atoms with Gasteiger partial charge in [-0.15, -0.1) is 0 Å². The minimum atomic E-state index is 0.504. The maximum absolute atomic E-state index is 6.04. The lowest BCUT2D eigenvalue weighted by molar-refractivity contribution is 0.408. The van der Waals surface area contributed by atoms with E-state index in [9.17, 15) is 0 Å². The highest BCUT2D eigenvalue weighted by molar-refractivity contribution is 9.10. The summed E-state index contributed by atoms with van der Waals surface area (Å²) in [5, 5.41) is 0. The van der Waals surface area contributed by atoms with Crippen molar-refractivity contribution in [1.29, 1.82) is 0 Å². The van der Waals surface area contributed by atoms with Crippen molar-refractivity contribution in [3.8, 4) is 5.75 Å². The number of hydrogen-bond acceptors (Lipinski definition) is 3. The standard InChI is InChI=1S/C15H14BrN3O/c1-20-14-5-3-2-4-10(14)9-19-13-7-6-11(16)8-12(13)18-15(19)17/h2-8H,9H2,1H3,(H2,17,18). The van der Waals surface area contributed by atoms with Gasteiger partial charge in [0.1, 0.15) is 5.75 Å². The number of halogens is 1. The van der Waals surface area contributed by atoms with Crippen LogP contribution in [0.3, 0.4) is 0 Å². The summed E-state index contributed by atoms with van der Waals surface area (Å²) in [6.07, 6.45) is 0. The molecule has 0 saturated carbocycles. The first-order valence-corrected chi connectivity index (χ1v) is 7.01. The molecule has 0 aliphatic heterocycles. The number of imidazole rings is 1. The van der Waals surface area contributed by atoms with Crippen LogP contribution >= 0.6 is 15.9 Å². The molecule has 2 N–H and O–H groups in total. The van der Waals surface area contributed by atoms with Crippen molar-refractivity contribution in [3.05, 3.63) is 52.5 Å². The normalized spacial score (nSPS) is 10.9. The molecule has 20 heavy (non-hydrogen) atoms. The van der Waals surface area contributed by atoms with Gasteiger partial charge in [0.25, 0.3) is 0 Å². The number of nitrogens with zero attached hydrogens (tertiary/aromatic N) is 2. The minimum absolute atomic E-state index is 0.504. The predicted molar refractivity (Wildman–Crippen MR) is 83.9 cm³/mol. The molecule has 0 atom stereocenters. The van der Waals surface area contributed by atoms with E-state index in [1.165, 1.54) is 0 Å². The van der Waals surface area contributed by atoms with Crippen molar-refractivity contribution < 1.29 is 4.74 Å². The van der Waals surface area contributed by atoms with Crippen LogP contribution < -0.4 is 10.5 Å². The molecule has 3 aromatic rings. The first-order chi connectivity index (χ1) is 9.69. The first kappa shape index (κ1) is 13.0. The molecule has 102 valence electrons. The monoisotopic (exact) mass is 331 g/mol. The number of rotatable bonds is 3. The number of hydrogen-bond donors (Lipinski definition) is 1. The highest BCUT2D eigenvalue weighted by atomic mass is 79.9. The van der Waals surface area contributed by atoms with Gasteiger partial charge in [0, 0.05) is 10.0 Å². The van der Waals surface area contributed by atoms with Crippen LogP contribution in [0, 0.1) is 0 Å². The summed E-state index contributed by atoms with van der Waals surface area (Å²) < 4.78 is 8.36. The zero-order chi connectivity index (χ0) is 14.1. The molecule has 0 saturated heterocycles. The number of para-hydroxylation sites is 1. The van der Waals surface area contributed by atoms with Crippen LogP contribution in [0.1, 0.15) is 5.56 Å². The maximum atomic E-state index is 6.04. The van der Waals surface area contributed by atoms with E-state index in [1.807, 2.05) is 47.0 Å². The van der Waals surface area contributed by atoms with Gasteiger partial charge in [0.05, 0.1) is 24.7 Å². The zero-order valence-corrected chi connectivity index (χ0v) is 12.6. The van der Waals surface area contributed by atoms with Gasteiger partial charge in [0.2, 0.25) is 5.95 Å². The Morgan fingerprint density at radius 1 is 1.25 bits per heavy atom. The SMILES string of the molecule is COc1ccccc1Cn1c(N)nc2cc(Br)ccc21. The largest absolute Gasteiger partial charge is 0.496 e. The smallest absolute Gasteiger partial charge is 0.201 e. The van der Waals surface area contributed by atoms with Gasteiger partial charge in [-0.3, -0.25) is 0 Å². The number of nitrogen functional groups attached to an aromatic ring is 1. The Bertz CT molecular complexity index is 767. The quantitative estimate of drug-likeness (QED) is 0.799. The maximum Gasteiger partial charge on any atom is 0.201 e. The molecular formula is C15H14BrN3O. The molecule has 3 rings (SSSR count). The summed E-state index contributed by atoms with van der Waals surface area (Å²) in [5.41, 5.74) is 9.00. The van der Waals surface area contributed by atoms with E-state index < -0.39 is 0 Å². The molecule has 0 bridgehead atoms. The summed E-state index contributed by atoms with van der Waals surface area (Å²) in [4.78, 5) is 4.40. The average Bonchev–Trinajstić information content (AvgIpc) is 2.75. The molecule has 1 aromatic heterocycles. The average molecular weight is 332 g/mol. The molecular weight excluding hydrogens is 318 g/mol. The number of anilines is 1. The van der Waals surface area contributed by atoms with Crippen molar-refractivity contribution in [1.82, 2.24) is 9.55 Å². The fourth-order valence-electron chi connectivity index (χ4n) is 2.29. The summed E-state index contributed by atoms with van der Waals surface area (Å²) in [5.74, 6) is 1.36. The van der Waals surface area contributed by atoms with Gasteiger partial charge in [-0.1, -0.05) is 34.1 Å². The summed E-state index contributed by atoms with van der Waals surface area (Å²) in [7, 11) is 1.67. The Labute approximate surface area is 125 Å². The van der Waals surface area contributed by atoms with Crippen molar-refractivity contribution in [2.45, 2.75) is 6.54 Å². The number of fused-ring (bicyclic) bond motifs is 1. The van der Waals surface area contributed by atoms with Crippen LogP contribution in [0.5, 0.6) is 5.75 Å². The second-order valence-corrected chi connectivity index (χ2v) is 5.42. The molecule has 0 fully saturated rings. The third-order valence-corrected chi connectivity index (χ3v) is 3.75. The fourth-order valence-corrected chi connectivity index (χ4v) is 2.64. The molecule has 0 spiro atoms. The van der Waals surface area contributed by atoms with E-state index in [0.717, 1.165) is 26.8 Å². The van der Waals surface area contributed by atoms with E-state index in [2.05, 4.69) is 20.9 Å². The molecule has 0 unspecified atom stereocenters. The van der Waals surface area contributed by atoms with Crippen LogP contribution in [0.4, 0.5) is 5.95 Å². The fraction of sp³-hybridized carbons (Fsp3) is 0.133. The number of methoxy groups -OCH3 is 1. The van der Waals surface area contributed by atoms with Gasteiger partial charge in [0.15, 0.2) is 0 Å². The summed E-state index contributed by atoms with van der Waals surface area (Å²) in [6.45, 7) is 0.633. The topological polar surface area (TPSA) is 53.1 Å². The lowest BCUT2D eigenvalue weighted by atomic mass is 10.2. The van der Waals surface area contributed by atoms with Crippen LogP contribution in [0.2, 0.25) is 0 Å². The second kappa shape index (κ2) is 5.17. The summed E-state index contributed by atoms with van der Waals surface area (Å²) in [6, 6.07) is 13.9. The number of aromatic nitrogens is 2. The molecule has 5 heteroatoms. The second-order valence-electron chi connectivity index (χ2n) is 4.50. The van der Waals surface area contributed by atoms with Crippen molar-refractivity contribution >= 4 is 32.9 Å². The molecule has 0 amide bonds. The van der Waals surface area contributed by atoms with Gasteiger partial charge in [-0.25, -0.2) is 4.98 Å². The molecule has 4 nitrogen and oxygen atoms in total. The molecule has 2 aromatic carbocycles. The number of ether oxygens (including phenoxy) is 1. The Balaban J connectivity index is 2.08. The van der Waals surface area contributed by atoms with Crippen LogP contribution in [-0.4, -0.2) is 16.7 Å². The number of benzene rings is 2. The van der Waals surface area contributed by atoms with Crippen LogP contribution in [-0.2, 0) is 6.54 Å². The Kier molecular flexibility index (Phi) is 3.36. The highest BCUT2D eigenvalue weighted by Gasteiger charge is 2.11. The van der Waals surface area contributed by atoms with E-state index >= 15 is 0 Å². The van der Waals surface area contributed by atoms with E-state index in [-0.39, 0.29) is 0 Å². The van der Waals surface area contributed by atoms with E-state index in [1.54, 1.807) is 7.11 Å². The third-order valence-electron chi connectivity index (χ3n) is 3.26. The Hall–Kier alpha value is -2.01. The zero-order valence-electron chi connectivity index (χ0n) is 11.0. The lowest BCUT2D eigenvalue weighted by Gasteiger charge is -2.10. The lowest BCUT2D eigenvalue weighted by Crippen LogP contribution is -2.05. The van der Waals surface area contributed by atoms with Crippen LogP contribution in [0.15, 0.2) is 46.9 Å². The number of nitrogens with two attached hydrogens (primary N) is 1. The van der Waals surface area contributed by atoms with Gasteiger partial charge >= 0.3 is 0 Å². The van der Waals surface area contributed by atoms with Crippen LogP contribution in [0.25, 0.3) is 11.0 Å². The van der Waals surface area contributed by atoms with Gasteiger partial charge in [-0.05, 0) is 24.3 Å². The summed E-state index contributed by atoms with van der Waals surface area (Å²) >= 11 is 3.45. The van der Waals surface area contributed by atoms with Gasteiger partial charge < -0.3 is 15.0 Å². The molecule has 0 radical (unpaired) electrons. The van der Waals surface area contributed by atoms with E-state index in [4.69, 9.17) is 10.5 Å². The van der Waals surface area contributed by atoms with Gasteiger partial charge in [-0.2, -0.15) is 0 Å². The first-order valence-electron chi connectivity index (χ1n) is 6.22. The van der Waals surface area contributed by atoms with E-state index in [0.29, 0.717) is 12.5 Å². The minimum Gasteiger partial charge on any atom is -0.496 e. The Morgan fingerprint density at radius 2 is 2.05 bits per heavy atom. The molecule has 1 heterocycles.